The molecule has 0 aromatic heterocycles. The van der Waals surface area contributed by atoms with E-state index in [0.29, 0.717) is 11.3 Å². The fourth-order valence-corrected chi connectivity index (χ4v) is 1.44. The highest BCUT2D eigenvalue weighted by Gasteiger charge is 2.41. The van der Waals surface area contributed by atoms with Gasteiger partial charge >= 0.3 is 0 Å². The second-order valence-corrected chi connectivity index (χ2v) is 4.38. The maximum absolute atomic E-state index is 5.56. The summed E-state index contributed by atoms with van der Waals surface area (Å²) in [5.41, 5.74) is 0.470. The van der Waals surface area contributed by atoms with E-state index in [1.165, 1.54) is 12.8 Å². The fraction of sp³-hybridized carbons (Fsp3) is 1.00. The van der Waals surface area contributed by atoms with Crippen LogP contribution in [0.15, 0.2) is 0 Å². The minimum atomic E-state index is 0.470. The van der Waals surface area contributed by atoms with Crippen LogP contribution in [0.5, 0.6) is 0 Å². The molecule has 0 aromatic carbocycles. The minimum absolute atomic E-state index is 0.470. The molecule has 1 rings (SSSR count). The molecule has 1 saturated carbocycles. The largest absolute Gasteiger partial charge is 0.381 e. The quantitative estimate of drug-likeness (QED) is 0.630. The summed E-state index contributed by atoms with van der Waals surface area (Å²) in [6.07, 6.45) is 2.63. The average molecular weight is 174 g/mol. The summed E-state index contributed by atoms with van der Waals surface area (Å²) in [5.74, 6) is 1.65. The molecule has 1 nitrogen and oxygen atoms in total. The summed E-state index contributed by atoms with van der Waals surface area (Å²) in [5, 5.41) is 0. The van der Waals surface area contributed by atoms with Crippen molar-refractivity contribution in [2.75, 3.05) is 19.0 Å². The molecule has 0 saturated heterocycles. The van der Waals surface area contributed by atoms with Crippen LogP contribution in [0.3, 0.4) is 0 Å². The van der Waals surface area contributed by atoms with E-state index in [9.17, 15) is 0 Å². The zero-order chi connectivity index (χ0) is 8.32. The summed E-state index contributed by atoms with van der Waals surface area (Å²) >= 11 is 4.31. The first-order valence-corrected chi connectivity index (χ1v) is 5.00. The van der Waals surface area contributed by atoms with Gasteiger partial charge in [0.05, 0.1) is 6.61 Å². The predicted octanol–water partition coefficient (Wildman–Crippen LogP) is 2.37. The van der Waals surface area contributed by atoms with Gasteiger partial charge in [-0.25, -0.2) is 0 Å². The Kier molecular flexibility index (Phi) is 3.26. The SMILES string of the molecule is CC(C)COCC1(CS)CC1. The Morgan fingerprint density at radius 3 is 2.45 bits per heavy atom. The van der Waals surface area contributed by atoms with Crippen LogP contribution in [0.4, 0.5) is 0 Å². The highest BCUT2D eigenvalue weighted by Crippen LogP contribution is 2.46. The molecule has 0 atom stereocenters. The molecule has 1 aliphatic carbocycles. The predicted molar refractivity (Wildman–Crippen MR) is 51.2 cm³/mol. The van der Waals surface area contributed by atoms with Crippen LogP contribution in [0.1, 0.15) is 26.7 Å². The van der Waals surface area contributed by atoms with Crippen LogP contribution in [0, 0.1) is 11.3 Å². The molecule has 1 aliphatic rings. The Balaban J connectivity index is 2.03. The Morgan fingerprint density at radius 1 is 1.45 bits per heavy atom. The first-order chi connectivity index (χ1) is 5.18. The van der Waals surface area contributed by atoms with Crippen LogP contribution < -0.4 is 0 Å². The maximum atomic E-state index is 5.56. The molecular formula is C9H18OS. The summed E-state index contributed by atoms with van der Waals surface area (Å²) in [4.78, 5) is 0. The van der Waals surface area contributed by atoms with Crippen LogP contribution in [-0.2, 0) is 4.74 Å². The van der Waals surface area contributed by atoms with Gasteiger partial charge in [0.25, 0.3) is 0 Å². The minimum Gasteiger partial charge on any atom is -0.381 e. The molecule has 0 aromatic rings. The molecule has 0 heterocycles. The van der Waals surface area contributed by atoms with E-state index in [2.05, 4.69) is 26.5 Å². The smallest absolute Gasteiger partial charge is 0.0530 e. The second kappa shape index (κ2) is 3.81. The van der Waals surface area contributed by atoms with E-state index in [1.807, 2.05) is 0 Å². The zero-order valence-corrected chi connectivity index (χ0v) is 8.36. The third-order valence-corrected chi connectivity index (χ3v) is 2.82. The number of hydrogen-bond donors (Lipinski definition) is 1. The lowest BCUT2D eigenvalue weighted by Crippen LogP contribution is -2.14. The van der Waals surface area contributed by atoms with Gasteiger partial charge in [0.1, 0.15) is 0 Å². The third kappa shape index (κ3) is 3.04. The number of ether oxygens (including phenoxy) is 1. The van der Waals surface area contributed by atoms with Gasteiger partial charge in [-0.2, -0.15) is 12.6 Å². The molecule has 0 unspecified atom stereocenters. The molecule has 11 heavy (non-hydrogen) atoms. The van der Waals surface area contributed by atoms with Gasteiger partial charge in [-0.15, -0.1) is 0 Å². The van der Waals surface area contributed by atoms with Crippen molar-refractivity contribution in [1.29, 1.82) is 0 Å². The normalized spacial score (nSPS) is 20.7. The lowest BCUT2D eigenvalue weighted by Gasteiger charge is -2.13. The van der Waals surface area contributed by atoms with E-state index < -0.39 is 0 Å². The van der Waals surface area contributed by atoms with Crippen LogP contribution in [-0.4, -0.2) is 19.0 Å². The molecule has 66 valence electrons. The highest BCUT2D eigenvalue weighted by atomic mass is 32.1. The molecule has 0 aliphatic heterocycles. The molecule has 2 heteroatoms. The van der Waals surface area contributed by atoms with Gasteiger partial charge in [-0.1, -0.05) is 13.8 Å². The topological polar surface area (TPSA) is 9.23 Å². The third-order valence-electron chi connectivity index (χ3n) is 2.15. The highest BCUT2D eigenvalue weighted by molar-refractivity contribution is 7.80. The lowest BCUT2D eigenvalue weighted by atomic mass is 10.1. The summed E-state index contributed by atoms with van der Waals surface area (Å²) in [6, 6.07) is 0. The Hall–Kier alpha value is 0.310. The van der Waals surface area contributed by atoms with Gasteiger partial charge in [0, 0.05) is 12.0 Å². The summed E-state index contributed by atoms with van der Waals surface area (Å²) < 4.78 is 5.56. The van der Waals surface area contributed by atoms with Gasteiger partial charge in [0.15, 0.2) is 0 Å². The van der Waals surface area contributed by atoms with Crippen molar-refractivity contribution in [2.45, 2.75) is 26.7 Å². The van der Waals surface area contributed by atoms with Crippen LogP contribution >= 0.6 is 12.6 Å². The van der Waals surface area contributed by atoms with Crippen molar-refractivity contribution < 1.29 is 4.74 Å². The van der Waals surface area contributed by atoms with E-state index in [-0.39, 0.29) is 0 Å². The Morgan fingerprint density at radius 2 is 2.09 bits per heavy atom. The lowest BCUT2D eigenvalue weighted by molar-refractivity contribution is 0.0783. The monoisotopic (exact) mass is 174 g/mol. The van der Waals surface area contributed by atoms with Crippen molar-refractivity contribution in [3.8, 4) is 0 Å². The van der Waals surface area contributed by atoms with Crippen molar-refractivity contribution in [2.24, 2.45) is 11.3 Å². The molecule has 0 amide bonds. The van der Waals surface area contributed by atoms with Gasteiger partial charge in [-0.3, -0.25) is 0 Å². The summed E-state index contributed by atoms with van der Waals surface area (Å²) in [7, 11) is 0. The number of thiol groups is 1. The maximum Gasteiger partial charge on any atom is 0.0530 e. The molecule has 0 N–H and O–H groups in total. The van der Waals surface area contributed by atoms with E-state index >= 15 is 0 Å². The van der Waals surface area contributed by atoms with E-state index in [4.69, 9.17) is 4.74 Å². The van der Waals surface area contributed by atoms with Gasteiger partial charge in [-0.05, 0) is 24.5 Å². The first kappa shape index (κ1) is 9.40. The summed E-state index contributed by atoms with van der Waals surface area (Å²) in [6.45, 7) is 6.19. The Labute approximate surface area is 74.9 Å². The van der Waals surface area contributed by atoms with Crippen molar-refractivity contribution in [3.63, 3.8) is 0 Å². The fourth-order valence-electron chi connectivity index (χ4n) is 1.04. The zero-order valence-electron chi connectivity index (χ0n) is 7.47. The average Bonchev–Trinajstić information content (AvgIpc) is 2.69. The van der Waals surface area contributed by atoms with Crippen molar-refractivity contribution in [3.05, 3.63) is 0 Å². The van der Waals surface area contributed by atoms with E-state index in [0.717, 1.165) is 19.0 Å². The standard InChI is InChI=1S/C9H18OS/c1-8(2)5-10-6-9(7-11)3-4-9/h8,11H,3-7H2,1-2H3. The second-order valence-electron chi connectivity index (χ2n) is 4.07. The van der Waals surface area contributed by atoms with Crippen LogP contribution in [0.25, 0.3) is 0 Å². The molecule has 0 bridgehead atoms. The molecular weight excluding hydrogens is 156 g/mol. The van der Waals surface area contributed by atoms with Gasteiger partial charge < -0.3 is 4.74 Å². The van der Waals surface area contributed by atoms with E-state index in [1.54, 1.807) is 0 Å². The molecule has 0 radical (unpaired) electrons. The number of rotatable bonds is 5. The first-order valence-electron chi connectivity index (χ1n) is 4.37. The Bertz CT molecular complexity index is 119. The molecule has 1 fully saturated rings. The number of hydrogen-bond acceptors (Lipinski definition) is 2. The van der Waals surface area contributed by atoms with Crippen molar-refractivity contribution in [1.82, 2.24) is 0 Å². The van der Waals surface area contributed by atoms with Crippen LogP contribution in [0.2, 0.25) is 0 Å². The molecule has 0 spiro atoms. The van der Waals surface area contributed by atoms with Crippen molar-refractivity contribution >= 4 is 12.6 Å². The van der Waals surface area contributed by atoms with Gasteiger partial charge in [0.2, 0.25) is 0 Å².